The summed E-state index contributed by atoms with van der Waals surface area (Å²) in [6.45, 7) is 0. The van der Waals surface area contributed by atoms with Crippen molar-refractivity contribution in [1.82, 2.24) is 20.0 Å². The highest BCUT2D eigenvalue weighted by Crippen LogP contribution is 2.63. The molecule has 0 radical (unpaired) electrons. The van der Waals surface area contributed by atoms with Gasteiger partial charge in [-0.05, 0) is 50.0 Å². The topological polar surface area (TPSA) is 137 Å². The maximum Gasteiger partial charge on any atom is 0.271 e. The first-order valence-corrected chi connectivity index (χ1v) is 12.4. The third kappa shape index (κ3) is 4.06. The van der Waals surface area contributed by atoms with Crippen LogP contribution < -0.4 is 21.1 Å². The van der Waals surface area contributed by atoms with Gasteiger partial charge in [0.25, 0.3) is 5.91 Å². The number of nitrogens with one attached hydrogen (secondary N) is 2. The molecule has 0 saturated heterocycles. The zero-order valence-corrected chi connectivity index (χ0v) is 20.2. The molecule has 3 aromatic rings. The second kappa shape index (κ2) is 8.61. The number of para-hydroxylation sites is 1. The Hall–Kier alpha value is -3.95. The second-order valence-electron chi connectivity index (χ2n) is 10.1. The monoisotopic (exact) mass is 487 g/mol. The molecule has 3 saturated carbocycles. The molecule has 3 fully saturated rings. The van der Waals surface area contributed by atoms with Crippen LogP contribution in [0.1, 0.15) is 61.5 Å². The molecule has 3 aliphatic rings. The molecule has 36 heavy (non-hydrogen) atoms. The van der Waals surface area contributed by atoms with Crippen molar-refractivity contribution in [2.75, 3.05) is 17.7 Å². The van der Waals surface area contributed by atoms with Gasteiger partial charge in [-0.15, -0.1) is 10.2 Å². The maximum atomic E-state index is 12.2. The number of anilines is 3. The zero-order valence-electron chi connectivity index (χ0n) is 20.2. The summed E-state index contributed by atoms with van der Waals surface area (Å²) in [5, 5.41) is 18.6. The first kappa shape index (κ1) is 22.5. The number of methoxy groups -OCH3 is 1. The number of amides is 2. The Bertz CT molecular complexity index is 1340. The van der Waals surface area contributed by atoms with Crippen LogP contribution in [0.5, 0.6) is 5.75 Å². The largest absolute Gasteiger partial charge is 0.494 e. The average Bonchev–Trinajstić information content (AvgIpc) is 3.76. The summed E-state index contributed by atoms with van der Waals surface area (Å²) < 4.78 is 7.93. The Labute approximate surface area is 208 Å². The predicted molar refractivity (Wildman–Crippen MR) is 134 cm³/mol. The third-order valence-corrected chi connectivity index (χ3v) is 7.70. The molecule has 1 spiro atoms. The van der Waals surface area contributed by atoms with Crippen molar-refractivity contribution in [2.45, 2.75) is 51.0 Å². The summed E-state index contributed by atoms with van der Waals surface area (Å²) in [4.78, 5) is 24.2. The third-order valence-electron chi connectivity index (χ3n) is 7.70. The quantitative estimate of drug-likeness (QED) is 0.436. The number of hydrogen-bond acceptors (Lipinski definition) is 7. The van der Waals surface area contributed by atoms with Gasteiger partial charge in [0.1, 0.15) is 5.75 Å². The fraction of sp³-hybridized carbons (Fsp3) is 0.423. The van der Waals surface area contributed by atoms with Crippen molar-refractivity contribution >= 4 is 29.0 Å². The number of primary amides is 1. The van der Waals surface area contributed by atoms with Gasteiger partial charge in [0, 0.05) is 29.3 Å². The molecular formula is C26H29N7O3. The summed E-state index contributed by atoms with van der Waals surface area (Å²) >= 11 is 0. The standard InChI is InChI=1S/C26H29N7O3/c1-36-23-17(16-13-28-33(14-16)20-6-3-9-26(20)10-11-26)4-2-5-18(23)29-19-12-21(30-25(35)15-7-8-15)31-32-22(19)24(27)34/h2,4-5,12-15,20H,3,6-11H2,1H3,(H2,27,34)(H2,29,30,31,35)/t20-/m1/s1. The summed E-state index contributed by atoms with van der Waals surface area (Å²) in [5.74, 6) is 0.0264. The van der Waals surface area contributed by atoms with E-state index in [-0.39, 0.29) is 23.3 Å². The van der Waals surface area contributed by atoms with Crippen LogP contribution in [-0.2, 0) is 4.79 Å². The molecule has 0 aliphatic heterocycles. The lowest BCUT2D eigenvalue weighted by atomic mass is 10.0. The van der Waals surface area contributed by atoms with Crippen molar-refractivity contribution in [3.8, 4) is 16.9 Å². The fourth-order valence-corrected chi connectivity index (χ4v) is 5.46. The smallest absolute Gasteiger partial charge is 0.271 e. The van der Waals surface area contributed by atoms with E-state index in [4.69, 9.17) is 15.6 Å². The van der Waals surface area contributed by atoms with Crippen LogP contribution in [0.2, 0.25) is 0 Å². The first-order chi connectivity index (χ1) is 17.5. The second-order valence-corrected chi connectivity index (χ2v) is 10.1. The van der Waals surface area contributed by atoms with Crippen LogP contribution in [0.15, 0.2) is 36.7 Å². The molecule has 0 bridgehead atoms. The first-order valence-electron chi connectivity index (χ1n) is 12.4. The molecule has 4 N–H and O–H groups in total. The Balaban J connectivity index is 1.31. The van der Waals surface area contributed by atoms with Gasteiger partial charge in [-0.25, -0.2) is 0 Å². The van der Waals surface area contributed by atoms with Crippen LogP contribution in [0.3, 0.4) is 0 Å². The van der Waals surface area contributed by atoms with Crippen molar-refractivity contribution in [1.29, 1.82) is 0 Å². The number of rotatable bonds is 8. The summed E-state index contributed by atoms with van der Waals surface area (Å²) in [6, 6.07) is 7.75. The van der Waals surface area contributed by atoms with Gasteiger partial charge in [0.15, 0.2) is 11.5 Å². The van der Waals surface area contributed by atoms with E-state index in [9.17, 15) is 9.59 Å². The van der Waals surface area contributed by atoms with Crippen molar-refractivity contribution in [2.24, 2.45) is 17.1 Å². The van der Waals surface area contributed by atoms with Gasteiger partial charge < -0.3 is 21.1 Å². The highest BCUT2D eigenvalue weighted by atomic mass is 16.5. The summed E-state index contributed by atoms with van der Waals surface area (Å²) in [5.41, 5.74) is 8.75. The minimum atomic E-state index is -0.730. The van der Waals surface area contributed by atoms with E-state index in [0.717, 1.165) is 24.0 Å². The number of hydrogen-bond donors (Lipinski definition) is 3. The molecule has 10 nitrogen and oxygen atoms in total. The normalized spacial score (nSPS) is 19.8. The zero-order chi connectivity index (χ0) is 24.9. The SMILES string of the molecule is COc1c(Nc2cc(NC(=O)C3CC3)nnc2C(N)=O)cccc1-c1cnn([C@@H]2CCCC23CC3)c1. The molecule has 0 unspecified atom stereocenters. The minimum Gasteiger partial charge on any atom is -0.494 e. The number of carbonyl (C=O) groups is 2. The average molecular weight is 488 g/mol. The van der Waals surface area contributed by atoms with E-state index < -0.39 is 5.91 Å². The van der Waals surface area contributed by atoms with Gasteiger partial charge in [-0.3, -0.25) is 14.3 Å². The molecular weight excluding hydrogens is 458 g/mol. The molecule has 6 rings (SSSR count). The molecule has 2 heterocycles. The number of ether oxygens (including phenoxy) is 1. The van der Waals surface area contributed by atoms with Gasteiger partial charge in [-0.1, -0.05) is 18.6 Å². The molecule has 10 heteroatoms. The molecule has 2 amide bonds. The van der Waals surface area contributed by atoms with E-state index in [1.165, 1.54) is 32.1 Å². The predicted octanol–water partition coefficient (Wildman–Crippen LogP) is 4.04. The van der Waals surface area contributed by atoms with Gasteiger partial charge in [0.05, 0.1) is 30.7 Å². The maximum absolute atomic E-state index is 12.2. The lowest BCUT2D eigenvalue weighted by Gasteiger charge is -2.19. The van der Waals surface area contributed by atoms with Crippen molar-refractivity contribution < 1.29 is 14.3 Å². The summed E-state index contributed by atoms with van der Waals surface area (Å²) in [7, 11) is 1.60. The highest BCUT2D eigenvalue weighted by molar-refractivity contribution is 5.99. The van der Waals surface area contributed by atoms with Crippen LogP contribution in [0.25, 0.3) is 11.1 Å². The summed E-state index contributed by atoms with van der Waals surface area (Å²) in [6.07, 6.45) is 12.0. The van der Waals surface area contributed by atoms with E-state index in [2.05, 4.69) is 31.7 Å². The lowest BCUT2D eigenvalue weighted by molar-refractivity contribution is -0.117. The number of aromatic nitrogens is 4. The van der Waals surface area contributed by atoms with Gasteiger partial charge in [0.2, 0.25) is 5.91 Å². The van der Waals surface area contributed by atoms with Crippen LogP contribution in [-0.4, -0.2) is 38.9 Å². The number of benzene rings is 1. The van der Waals surface area contributed by atoms with Crippen LogP contribution in [0.4, 0.5) is 17.2 Å². The molecule has 1 aromatic carbocycles. The Morgan fingerprint density at radius 1 is 1.14 bits per heavy atom. The van der Waals surface area contributed by atoms with Crippen LogP contribution >= 0.6 is 0 Å². The van der Waals surface area contributed by atoms with E-state index >= 15 is 0 Å². The number of nitrogens with zero attached hydrogens (tertiary/aromatic N) is 4. The fourth-order valence-electron chi connectivity index (χ4n) is 5.46. The Morgan fingerprint density at radius 3 is 2.69 bits per heavy atom. The van der Waals surface area contributed by atoms with Crippen molar-refractivity contribution in [3.05, 3.63) is 42.4 Å². The van der Waals surface area contributed by atoms with E-state index in [0.29, 0.717) is 28.6 Å². The Morgan fingerprint density at radius 2 is 1.97 bits per heavy atom. The van der Waals surface area contributed by atoms with Gasteiger partial charge >= 0.3 is 0 Å². The van der Waals surface area contributed by atoms with E-state index in [1.807, 2.05) is 24.4 Å². The molecule has 186 valence electrons. The minimum absolute atomic E-state index is 0.00995. The molecule has 1 atom stereocenters. The number of carbonyl (C=O) groups excluding carboxylic acids is 2. The van der Waals surface area contributed by atoms with Gasteiger partial charge in [-0.2, -0.15) is 5.10 Å². The van der Waals surface area contributed by atoms with Crippen molar-refractivity contribution in [3.63, 3.8) is 0 Å². The molecule has 3 aliphatic carbocycles. The molecule has 2 aromatic heterocycles. The number of nitrogens with two attached hydrogens (primary N) is 1. The van der Waals surface area contributed by atoms with Crippen LogP contribution in [0, 0.1) is 11.3 Å². The lowest BCUT2D eigenvalue weighted by Crippen LogP contribution is -2.19. The van der Waals surface area contributed by atoms with E-state index in [1.54, 1.807) is 13.2 Å². The highest BCUT2D eigenvalue weighted by Gasteiger charge is 2.53. The Kier molecular flexibility index (Phi) is 5.39.